The summed E-state index contributed by atoms with van der Waals surface area (Å²) in [5.74, 6) is 0.143. The number of carbonyl (C=O) groups is 1. The molecule has 0 aliphatic rings. The molecule has 27 heavy (non-hydrogen) atoms. The van der Waals surface area contributed by atoms with Crippen molar-refractivity contribution in [2.45, 2.75) is 12.8 Å². The van der Waals surface area contributed by atoms with Crippen molar-refractivity contribution >= 4 is 34.5 Å². The van der Waals surface area contributed by atoms with Gasteiger partial charge in [0.15, 0.2) is 0 Å². The van der Waals surface area contributed by atoms with E-state index >= 15 is 0 Å². The Hall–Kier alpha value is -2.51. The Morgan fingerprint density at radius 2 is 1.81 bits per heavy atom. The van der Waals surface area contributed by atoms with Crippen LogP contribution in [0.15, 0.2) is 60.0 Å². The van der Waals surface area contributed by atoms with Crippen LogP contribution in [0.5, 0.6) is 5.75 Å². The number of para-hydroxylation sites is 1. The average molecular weight is 412 g/mol. The number of nitrogens with one attached hydrogen (secondary N) is 1. The third kappa shape index (κ3) is 5.02. The molecule has 0 fully saturated rings. The molecule has 1 amide bonds. The molecule has 0 atom stereocenters. The van der Waals surface area contributed by atoms with Crippen LogP contribution in [0.25, 0.3) is 0 Å². The molecule has 0 saturated heterocycles. The number of amides is 1. The predicted octanol–water partition coefficient (Wildman–Crippen LogP) is 6.25. The zero-order valence-electron chi connectivity index (χ0n) is 13.7. The maximum Gasteiger partial charge on any atom is 0.416 e. The summed E-state index contributed by atoms with van der Waals surface area (Å²) >= 11 is 7.24. The van der Waals surface area contributed by atoms with Gasteiger partial charge in [-0.25, -0.2) is 0 Å². The van der Waals surface area contributed by atoms with E-state index in [0.717, 1.165) is 17.7 Å². The van der Waals surface area contributed by atoms with E-state index in [0.29, 0.717) is 15.6 Å². The van der Waals surface area contributed by atoms with Crippen molar-refractivity contribution < 1.29 is 22.7 Å². The highest BCUT2D eigenvalue weighted by molar-refractivity contribution is 7.12. The molecular formula is C19H13ClF3NO2S. The second kappa shape index (κ2) is 8.02. The first kappa shape index (κ1) is 19.3. The van der Waals surface area contributed by atoms with Gasteiger partial charge < -0.3 is 10.1 Å². The number of benzene rings is 2. The molecule has 8 heteroatoms. The second-order valence-corrected chi connectivity index (χ2v) is 6.89. The first-order valence-electron chi connectivity index (χ1n) is 7.76. The average Bonchev–Trinajstić information content (AvgIpc) is 3.10. The molecule has 3 aromatic rings. The zero-order valence-corrected chi connectivity index (χ0v) is 15.3. The van der Waals surface area contributed by atoms with E-state index < -0.39 is 17.6 Å². The highest BCUT2D eigenvalue weighted by Crippen LogP contribution is 2.30. The lowest BCUT2D eigenvalue weighted by Gasteiger charge is -2.08. The van der Waals surface area contributed by atoms with Crippen LogP contribution in [0.4, 0.5) is 18.9 Å². The molecule has 0 radical (unpaired) electrons. The van der Waals surface area contributed by atoms with Crippen LogP contribution in [-0.2, 0) is 12.8 Å². The summed E-state index contributed by atoms with van der Waals surface area (Å²) in [4.78, 5) is 12.7. The summed E-state index contributed by atoms with van der Waals surface area (Å²) in [5.41, 5.74) is 0.309. The molecular weight excluding hydrogens is 399 g/mol. The summed E-state index contributed by atoms with van der Waals surface area (Å²) < 4.78 is 43.3. The normalized spacial score (nSPS) is 11.3. The van der Waals surface area contributed by atoms with E-state index in [-0.39, 0.29) is 12.3 Å². The smallest absolute Gasteiger partial charge is 0.416 e. The van der Waals surface area contributed by atoms with Gasteiger partial charge >= 0.3 is 6.18 Å². The minimum atomic E-state index is -4.41. The number of carbonyl (C=O) groups excluding carboxylic acids is 1. The van der Waals surface area contributed by atoms with Crippen molar-refractivity contribution in [2.24, 2.45) is 0 Å². The zero-order chi connectivity index (χ0) is 19.4. The van der Waals surface area contributed by atoms with E-state index in [1.54, 1.807) is 35.7 Å². The lowest BCUT2D eigenvalue weighted by molar-refractivity contribution is -0.137. The first-order valence-corrected chi connectivity index (χ1v) is 9.02. The van der Waals surface area contributed by atoms with Crippen molar-refractivity contribution in [2.75, 3.05) is 5.32 Å². The molecule has 1 heterocycles. The highest BCUT2D eigenvalue weighted by atomic mass is 35.5. The highest BCUT2D eigenvalue weighted by Gasteiger charge is 2.30. The summed E-state index contributed by atoms with van der Waals surface area (Å²) in [6, 6.07) is 13.0. The number of rotatable bonds is 5. The number of thiophene rings is 1. The fourth-order valence-electron chi connectivity index (χ4n) is 2.23. The molecule has 140 valence electrons. The number of hydrogen-bond donors (Lipinski definition) is 1. The van der Waals surface area contributed by atoms with Gasteiger partial charge in [0.2, 0.25) is 0 Å². The summed E-state index contributed by atoms with van der Waals surface area (Å²) in [6.07, 6.45) is -4.41. The standard InChI is InChI=1S/C19H13ClF3NO2S/c20-15-3-1-2-4-16(15)26-10-12-9-17(27-11-12)18(25)24-14-7-5-13(6-8-14)19(21,22)23/h1-9,11H,10H2,(H,24,25). The number of alkyl halides is 3. The van der Waals surface area contributed by atoms with Gasteiger partial charge in [-0.2, -0.15) is 13.2 Å². The topological polar surface area (TPSA) is 38.3 Å². The Morgan fingerprint density at radius 1 is 1.11 bits per heavy atom. The fourth-order valence-corrected chi connectivity index (χ4v) is 3.21. The van der Waals surface area contributed by atoms with E-state index in [4.69, 9.17) is 16.3 Å². The van der Waals surface area contributed by atoms with Crippen LogP contribution < -0.4 is 10.1 Å². The number of halogens is 4. The Bertz CT molecular complexity index is 939. The Kier molecular flexibility index (Phi) is 5.72. The van der Waals surface area contributed by atoms with Crippen LogP contribution >= 0.6 is 22.9 Å². The van der Waals surface area contributed by atoms with Crippen LogP contribution in [0, 0.1) is 0 Å². The lowest BCUT2D eigenvalue weighted by Crippen LogP contribution is -2.11. The van der Waals surface area contributed by atoms with E-state index in [1.165, 1.54) is 23.5 Å². The third-order valence-corrected chi connectivity index (χ3v) is 4.87. The molecule has 0 unspecified atom stereocenters. The van der Waals surface area contributed by atoms with Crippen LogP contribution in [0.1, 0.15) is 20.8 Å². The molecule has 2 aromatic carbocycles. The van der Waals surface area contributed by atoms with E-state index in [9.17, 15) is 18.0 Å². The maximum absolute atomic E-state index is 12.6. The lowest BCUT2D eigenvalue weighted by atomic mass is 10.2. The SMILES string of the molecule is O=C(Nc1ccc(C(F)(F)F)cc1)c1cc(COc2ccccc2Cl)cs1. The van der Waals surface area contributed by atoms with Gasteiger partial charge in [-0.1, -0.05) is 23.7 Å². The van der Waals surface area contributed by atoms with Crippen molar-refractivity contribution in [3.05, 3.63) is 81.0 Å². The van der Waals surface area contributed by atoms with Gasteiger partial charge in [0.1, 0.15) is 12.4 Å². The van der Waals surface area contributed by atoms with Gasteiger partial charge in [0.05, 0.1) is 15.5 Å². The number of hydrogen-bond acceptors (Lipinski definition) is 3. The van der Waals surface area contributed by atoms with Crippen molar-refractivity contribution in [1.82, 2.24) is 0 Å². The Labute approximate surface area is 162 Å². The van der Waals surface area contributed by atoms with Crippen molar-refractivity contribution in [3.63, 3.8) is 0 Å². The van der Waals surface area contributed by atoms with Gasteiger partial charge in [0, 0.05) is 11.3 Å². The number of anilines is 1. The van der Waals surface area contributed by atoms with Crippen LogP contribution in [-0.4, -0.2) is 5.91 Å². The summed E-state index contributed by atoms with van der Waals surface area (Å²) in [6.45, 7) is 0.244. The maximum atomic E-state index is 12.6. The summed E-state index contributed by atoms with van der Waals surface area (Å²) in [7, 11) is 0. The number of ether oxygens (including phenoxy) is 1. The minimum absolute atomic E-state index is 0.244. The molecule has 0 bridgehead atoms. The molecule has 1 aromatic heterocycles. The molecule has 0 spiro atoms. The van der Waals surface area contributed by atoms with E-state index in [2.05, 4.69) is 5.32 Å². The Morgan fingerprint density at radius 3 is 2.48 bits per heavy atom. The molecule has 0 aliphatic carbocycles. The van der Waals surface area contributed by atoms with Gasteiger partial charge in [0.25, 0.3) is 5.91 Å². The molecule has 3 nitrogen and oxygen atoms in total. The van der Waals surface area contributed by atoms with Crippen LogP contribution in [0.2, 0.25) is 5.02 Å². The minimum Gasteiger partial charge on any atom is -0.487 e. The first-order chi connectivity index (χ1) is 12.8. The summed E-state index contributed by atoms with van der Waals surface area (Å²) in [5, 5.41) is 4.85. The fraction of sp³-hybridized carbons (Fsp3) is 0.105. The second-order valence-electron chi connectivity index (χ2n) is 5.57. The predicted molar refractivity (Wildman–Crippen MR) is 99.5 cm³/mol. The van der Waals surface area contributed by atoms with Crippen LogP contribution in [0.3, 0.4) is 0 Å². The van der Waals surface area contributed by atoms with E-state index in [1.807, 2.05) is 0 Å². The van der Waals surface area contributed by atoms with Gasteiger partial charge in [-0.3, -0.25) is 4.79 Å². The van der Waals surface area contributed by atoms with Crippen molar-refractivity contribution in [1.29, 1.82) is 0 Å². The quantitative estimate of drug-likeness (QED) is 0.538. The molecule has 0 saturated carbocycles. The largest absolute Gasteiger partial charge is 0.487 e. The van der Waals surface area contributed by atoms with Gasteiger partial charge in [-0.05, 0) is 47.8 Å². The molecule has 1 N–H and O–H groups in total. The molecule has 3 rings (SSSR count). The van der Waals surface area contributed by atoms with Gasteiger partial charge in [-0.15, -0.1) is 11.3 Å². The van der Waals surface area contributed by atoms with Crippen molar-refractivity contribution in [3.8, 4) is 5.75 Å². The monoisotopic (exact) mass is 411 g/mol. The Balaban J connectivity index is 1.60. The third-order valence-electron chi connectivity index (χ3n) is 3.58. The molecule has 0 aliphatic heterocycles.